The van der Waals surface area contributed by atoms with Crippen molar-refractivity contribution < 1.29 is 13.2 Å². The van der Waals surface area contributed by atoms with Gasteiger partial charge in [-0.15, -0.1) is 0 Å². The van der Waals surface area contributed by atoms with Gasteiger partial charge in [-0.1, -0.05) is 36.0 Å². The first-order valence-electron chi connectivity index (χ1n) is 7.07. The van der Waals surface area contributed by atoms with Crippen molar-refractivity contribution in [3.05, 3.63) is 28.2 Å². The first-order valence-corrected chi connectivity index (χ1v) is 9.31. The molecule has 2 N–H and O–H groups in total. The molecule has 122 valence electrons. The molecule has 0 bridgehead atoms. The highest BCUT2D eigenvalue weighted by Crippen LogP contribution is 2.25. The predicted octanol–water partition coefficient (Wildman–Crippen LogP) is 2.72. The van der Waals surface area contributed by atoms with Crippen LogP contribution in [0.4, 0.5) is 0 Å². The molecule has 22 heavy (non-hydrogen) atoms. The number of rotatable bonds is 5. The van der Waals surface area contributed by atoms with Gasteiger partial charge in [-0.05, 0) is 38.0 Å². The summed E-state index contributed by atoms with van der Waals surface area (Å²) in [5.74, 6) is -0.339. The molecule has 5 nitrogen and oxygen atoms in total. The highest BCUT2D eigenvalue weighted by atomic mass is 35.5. The number of hydrogen-bond acceptors (Lipinski definition) is 3. The molecule has 1 amide bonds. The Kier molecular flexibility index (Phi) is 5.71. The summed E-state index contributed by atoms with van der Waals surface area (Å²) in [5.41, 5.74) is 0. The Bertz CT molecular complexity index is 658. The average Bonchev–Trinajstić information content (AvgIpc) is 2.93. The smallest absolute Gasteiger partial charge is 0.242 e. The van der Waals surface area contributed by atoms with Crippen LogP contribution < -0.4 is 10.0 Å². The Balaban J connectivity index is 2.07. The number of carbonyl (C=O) groups excluding carboxylic acids is 1. The van der Waals surface area contributed by atoms with Gasteiger partial charge in [0.15, 0.2) is 0 Å². The molecular formula is C14H18Cl2N2O3S. The SMILES string of the molecule is CC(NS(=O)(=O)c1cc(Cl)ccc1Cl)C(=O)NC1CCCC1. The fourth-order valence-electron chi connectivity index (χ4n) is 2.43. The van der Waals surface area contributed by atoms with Gasteiger partial charge in [0, 0.05) is 11.1 Å². The molecule has 0 aromatic heterocycles. The molecule has 2 rings (SSSR count). The molecule has 1 aliphatic carbocycles. The zero-order chi connectivity index (χ0) is 16.3. The van der Waals surface area contributed by atoms with Crippen molar-refractivity contribution in [3.8, 4) is 0 Å². The lowest BCUT2D eigenvalue weighted by Crippen LogP contribution is -2.47. The van der Waals surface area contributed by atoms with Crippen LogP contribution in [0, 0.1) is 0 Å². The van der Waals surface area contributed by atoms with Crippen molar-refractivity contribution in [2.75, 3.05) is 0 Å². The maximum Gasteiger partial charge on any atom is 0.242 e. The van der Waals surface area contributed by atoms with E-state index in [9.17, 15) is 13.2 Å². The molecule has 1 unspecified atom stereocenters. The number of sulfonamides is 1. The van der Waals surface area contributed by atoms with Crippen LogP contribution >= 0.6 is 23.2 Å². The molecule has 8 heteroatoms. The molecular weight excluding hydrogens is 347 g/mol. The summed E-state index contributed by atoms with van der Waals surface area (Å²) < 4.78 is 27.0. The Morgan fingerprint density at radius 1 is 1.27 bits per heavy atom. The van der Waals surface area contributed by atoms with Crippen LogP contribution in [0.15, 0.2) is 23.1 Å². The second-order valence-corrected chi connectivity index (χ2v) is 7.93. The summed E-state index contributed by atoms with van der Waals surface area (Å²) in [7, 11) is -3.92. The Labute approximate surface area is 140 Å². The lowest BCUT2D eigenvalue weighted by Gasteiger charge is -2.18. The van der Waals surface area contributed by atoms with E-state index >= 15 is 0 Å². The maximum atomic E-state index is 12.3. The van der Waals surface area contributed by atoms with Crippen molar-refractivity contribution in [1.29, 1.82) is 0 Å². The number of benzene rings is 1. The van der Waals surface area contributed by atoms with E-state index in [4.69, 9.17) is 23.2 Å². The highest BCUT2D eigenvalue weighted by Gasteiger charge is 2.26. The first kappa shape index (κ1) is 17.5. The van der Waals surface area contributed by atoms with E-state index in [1.54, 1.807) is 0 Å². The van der Waals surface area contributed by atoms with Gasteiger partial charge in [0.1, 0.15) is 4.90 Å². The quantitative estimate of drug-likeness (QED) is 0.843. The lowest BCUT2D eigenvalue weighted by atomic mass is 10.2. The van der Waals surface area contributed by atoms with Crippen LogP contribution in [0.2, 0.25) is 10.0 Å². The normalized spacial score (nSPS) is 17.4. The van der Waals surface area contributed by atoms with Crippen LogP contribution in [0.1, 0.15) is 32.6 Å². The van der Waals surface area contributed by atoms with E-state index in [2.05, 4.69) is 10.0 Å². The number of nitrogens with one attached hydrogen (secondary N) is 2. The van der Waals surface area contributed by atoms with E-state index in [1.165, 1.54) is 25.1 Å². The Morgan fingerprint density at radius 2 is 1.91 bits per heavy atom. The summed E-state index contributed by atoms with van der Waals surface area (Å²) in [5, 5.41) is 3.17. The molecule has 1 atom stereocenters. The van der Waals surface area contributed by atoms with E-state index in [0.29, 0.717) is 0 Å². The van der Waals surface area contributed by atoms with Gasteiger partial charge >= 0.3 is 0 Å². The van der Waals surface area contributed by atoms with Gasteiger partial charge < -0.3 is 5.32 Å². The topological polar surface area (TPSA) is 75.3 Å². The van der Waals surface area contributed by atoms with E-state index in [1.807, 2.05) is 0 Å². The van der Waals surface area contributed by atoms with E-state index in [0.717, 1.165) is 25.7 Å². The van der Waals surface area contributed by atoms with Crippen LogP contribution in [-0.2, 0) is 14.8 Å². The van der Waals surface area contributed by atoms with Crippen molar-refractivity contribution >= 4 is 39.1 Å². The van der Waals surface area contributed by atoms with Crippen LogP contribution in [0.5, 0.6) is 0 Å². The molecule has 1 fully saturated rings. The second-order valence-electron chi connectivity index (χ2n) is 5.41. The van der Waals surface area contributed by atoms with Crippen LogP contribution in [0.3, 0.4) is 0 Å². The summed E-state index contributed by atoms with van der Waals surface area (Å²) in [4.78, 5) is 11.9. The molecule has 0 spiro atoms. The van der Waals surface area contributed by atoms with Gasteiger partial charge in [-0.3, -0.25) is 4.79 Å². The second kappa shape index (κ2) is 7.17. The molecule has 1 aromatic carbocycles. The minimum atomic E-state index is -3.92. The van der Waals surface area contributed by atoms with E-state index < -0.39 is 16.1 Å². The highest BCUT2D eigenvalue weighted by molar-refractivity contribution is 7.89. The summed E-state index contributed by atoms with van der Waals surface area (Å²) in [6.07, 6.45) is 4.04. The standard InChI is InChI=1S/C14H18Cl2N2O3S/c1-9(14(19)17-11-4-2-3-5-11)18-22(20,21)13-8-10(15)6-7-12(13)16/h6-9,11,18H,2-5H2,1H3,(H,17,19). The molecule has 1 saturated carbocycles. The molecule has 0 radical (unpaired) electrons. The first-order chi connectivity index (χ1) is 10.3. The summed E-state index contributed by atoms with van der Waals surface area (Å²) in [6, 6.07) is 3.41. The zero-order valence-electron chi connectivity index (χ0n) is 12.1. The molecule has 0 aliphatic heterocycles. The van der Waals surface area contributed by atoms with Crippen molar-refractivity contribution in [3.63, 3.8) is 0 Å². The molecule has 0 heterocycles. The van der Waals surface area contributed by atoms with Gasteiger partial charge in [0.25, 0.3) is 0 Å². The molecule has 1 aromatic rings. The number of hydrogen-bond donors (Lipinski definition) is 2. The van der Waals surface area contributed by atoms with Crippen molar-refractivity contribution in [1.82, 2.24) is 10.0 Å². The number of carbonyl (C=O) groups is 1. The van der Waals surface area contributed by atoms with Gasteiger partial charge in [-0.25, -0.2) is 8.42 Å². The number of halogens is 2. The number of amides is 1. The van der Waals surface area contributed by atoms with Crippen LogP contribution in [0.25, 0.3) is 0 Å². The summed E-state index contributed by atoms with van der Waals surface area (Å²) >= 11 is 11.7. The minimum absolute atomic E-state index is 0.0558. The largest absolute Gasteiger partial charge is 0.352 e. The third-order valence-electron chi connectivity index (χ3n) is 3.61. The van der Waals surface area contributed by atoms with Gasteiger partial charge in [-0.2, -0.15) is 4.72 Å². The Hall–Kier alpha value is -0.820. The fourth-order valence-corrected chi connectivity index (χ4v) is 4.39. The minimum Gasteiger partial charge on any atom is -0.352 e. The predicted molar refractivity (Wildman–Crippen MR) is 86.6 cm³/mol. The average molecular weight is 365 g/mol. The third-order valence-corrected chi connectivity index (χ3v) is 5.87. The lowest BCUT2D eigenvalue weighted by molar-refractivity contribution is -0.123. The van der Waals surface area contributed by atoms with Crippen molar-refractivity contribution in [2.45, 2.75) is 49.6 Å². The van der Waals surface area contributed by atoms with Gasteiger partial charge in [0.05, 0.1) is 11.1 Å². The zero-order valence-corrected chi connectivity index (χ0v) is 14.4. The monoisotopic (exact) mass is 364 g/mol. The third kappa shape index (κ3) is 4.35. The fraction of sp³-hybridized carbons (Fsp3) is 0.500. The van der Waals surface area contributed by atoms with Gasteiger partial charge in [0.2, 0.25) is 15.9 Å². The molecule has 1 aliphatic rings. The summed E-state index contributed by atoms with van der Waals surface area (Å²) in [6.45, 7) is 1.50. The molecule has 0 saturated heterocycles. The Morgan fingerprint density at radius 3 is 2.55 bits per heavy atom. The van der Waals surface area contributed by atoms with Crippen LogP contribution in [-0.4, -0.2) is 26.4 Å². The van der Waals surface area contributed by atoms with Crippen molar-refractivity contribution in [2.24, 2.45) is 0 Å². The van der Waals surface area contributed by atoms with E-state index in [-0.39, 0.29) is 26.9 Å². The maximum absolute atomic E-state index is 12.3.